The Kier molecular flexibility index (Phi) is 4.45. The van der Waals surface area contributed by atoms with E-state index in [9.17, 15) is 13.2 Å². The van der Waals surface area contributed by atoms with Gasteiger partial charge in [0.25, 0.3) is 15.9 Å². The summed E-state index contributed by atoms with van der Waals surface area (Å²) in [4.78, 5) is 16.5. The summed E-state index contributed by atoms with van der Waals surface area (Å²) in [6, 6.07) is 13.4. The highest BCUT2D eigenvalue weighted by Crippen LogP contribution is 2.36. The summed E-state index contributed by atoms with van der Waals surface area (Å²) in [6.07, 6.45) is 2.26. The number of carbonyl (C=O) groups excluding carboxylic acids is 1. The fourth-order valence-corrected chi connectivity index (χ4v) is 5.53. The lowest BCUT2D eigenvalue weighted by molar-refractivity contribution is 0.102. The van der Waals surface area contributed by atoms with Crippen molar-refractivity contribution >= 4 is 38.1 Å². The zero-order chi connectivity index (χ0) is 19.0. The zero-order valence-corrected chi connectivity index (χ0v) is 16.1. The standard InChI is InChI=1S/C19H17N3O3S2/c1-13-11-14-5-2-3-8-17(14)22(13)27(24,25)16-7-4-6-15(12-16)18(23)21-19-20-9-10-26-19/h2-10,12-13H,11H2,1H3,(H,20,21,23). The summed E-state index contributed by atoms with van der Waals surface area (Å²) in [6.45, 7) is 1.89. The number of fused-ring (bicyclic) bond motifs is 1. The Bertz CT molecular complexity index is 1090. The summed E-state index contributed by atoms with van der Waals surface area (Å²) < 4.78 is 28.0. The number of hydrogen-bond donors (Lipinski definition) is 1. The summed E-state index contributed by atoms with van der Waals surface area (Å²) in [5.41, 5.74) is 1.97. The molecule has 0 aliphatic carbocycles. The molecule has 3 aromatic rings. The van der Waals surface area contributed by atoms with Gasteiger partial charge in [-0.15, -0.1) is 11.3 Å². The van der Waals surface area contributed by atoms with Crippen molar-refractivity contribution < 1.29 is 13.2 Å². The van der Waals surface area contributed by atoms with Crippen LogP contribution >= 0.6 is 11.3 Å². The quantitative estimate of drug-likeness (QED) is 0.728. The Morgan fingerprint density at radius 3 is 2.81 bits per heavy atom. The van der Waals surface area contributed by atoms with Gasteiger partial charge in [-0.05, 0) is 43.2 Å². The third-order valence-electron chi connectivity index (χ3n) is 4.45. The first-order chi connectivity index (χ1) is 13.0. The van der Waals surface area contributed by atoms with Crippen molar-refractivity contribution in [1.82, 2.24) is 4.98 Å². The molecule has 1 aromatic heterocycles. The number of hydrogen-bond acceptors (Lipinski definition) is 5. The van der Waals surface area contributed by atoms with Crippen molar-refractivity contribution in [1.29, 1.82) is 0 Å². The monoisotopic (exact) mass is 399 g/mol. The normalized spacial score (nSPS) is 16.2. The summed E-state index contributed by atoms with van der Waals surface area (Å²) in [7, 11) is -3.78. The number of nitrogens with one attached hydrogen (secondary N) is 1. The molecule has 6 nitrogen and oxygen atoms in total. The van der Waals surface area contributed by atoms with Crippen molar-refractivity contribution in [2.75, 3.05) is 9.62 Å². The van der Waals surface area contributed by atoms with E-state index in [-0.39, 0.29) is 16.5 Å². The van der Waals surface area contributed by atoms with Crippen LogP contribution in [0.1, 0.15) is 22.8 Å². The van der Waals surface area contributed by atoms with Crippen molar-refractivity contribution in [3.05, 3.63) is 71.2 Å². The Balaban J connectivity index is 1.68. The predicted molar refractivity (Wildman–Crippen MR) is 106 cm³/mol. The molecule has 2 aromatic carbocycles. The minimum atomic E-state index is -3.78. The van der Waals surface area contributed by atoms with Gasteiger partial charge in [0.05, 0.1) is 10.6 Å². The maximum atomic E-state index is 13.3. The lowest BCUT2D eigenvalue weighted by Crippen LogP contribution is -2.35. The second kappa shape index (κ2) is 6.79. The molecular formula is C19H17N3O3S2. The highest BCUT2D eigenvalue weighted by Gasteiger charge is 2.36. The van der Waals surface area contributed by atoms with Crippen LogP contribution in [0.2, 0.25) is 0 Å². The number of benzene rings is 2. The minimum Gasteiger partial charge on any atom is -0.298 e. The lowest BCUT2D eigenvalue weighted by Gasteiger charge is -2.24. The van der Waals surface area contributed by atoms with Crippen LogP contribution in [0.3, 0.4) is 0 Å². The van der Waals surface area contributed by atoms with E-state index in [1.54, 1.807) is 23.7 Å². The molecule has 0 bridgehead atoms. The SMILES string of the molecule is CC1Cc2ccccc2N1S(=O)(=O)c1cccc(C(=O)Nc2nccs2)c1. The first-order valence-electron chi connectivity index (χ1n) is 8.40. The zero-order valence-electron chi connectivity index (χ0n) is 14.5. The van der Waals surface area contributed by atoms with E-state index in [0.29, 0.717) is 17.2 Å². The largest absolute Gasteiger partial charge is 0.298 e. The summed E-state index contributed by atoms with van der Waals surface area (Å²) >= 11 is 1.30. The van der Waals surface area contributed by atoms with Gasteiger partial charge in [0, 0.05) is 23.2 Å². The molecule has 0 fully saturated rings. The van der Waals surface area contributed by atoms with Crippen molar-refractivity contribution in [2.24, 2.45) is 0 Å². The molecule has 1 amide bonds. The van der Waals surface area contributed by atoms with Crippen LogP contribution in [0.25, 0.3) is 0 Å². The van der Waals surface area contributed by atoms with E-state index in [1.165, 1.54) is 27.8 Å². The average molecular weight is 399 g/mol. The van der Waals surface area contributed by atoms with Gasteiger partial charge in [0.15, 0.2) is 5.13 Å². The topological polar surface area (TPSA) is 79.4 Å². The number of anilines is 2. The molecule has 0 saturated heterocycles. The molecule has 4 rings (SSSR count). The first kappa shape index (κ1) is 17.7. The fraction of sp³-hybridized carbons (Fsp3) is 0.158. The molecule has 8 heteroatoms. The molecule has 27 heavy (non-hydrogen) atoms. The number of aromatic nitrogens is 1. The third-order valence-corrected chi connectivity index (χ3v) is 7.06. The smallest absolute Gasteiger partial charge is 0.264 e. The van der Waals surface area contributed by atoms with Gasteiger partial charge in [0.2, 0.25) is 0 Å². The van der Waals surface area contributed by atoms with Crippen molar-refractivity contribution in [2.45, 2.75) is 24.3 Å². The second-order valence-corrected chi connectivity index (χ2v) is 9.01. The van der Waals surface area contributed by atoms with Crippen molar-refractivity contribution in [3.8, 4) is 0 Å². The van der Waals surface area contributed by atoms with Gasteiger partial charge in [-0.1, -0.05) is 24.3 Å². The van der Waals surface area contributed by atoms with E-state index >= 15 is 0 Å². The molecule has 1 aliphatic heterocycles. The lowest BCUT2D eigenvalue weighted by atomic mass is 10.1. The molecule has 0 radical (unpaired) electrons. The van der Waals surface area contributed by atoms with Gasteiger partial charge in [-0.3, -0.25) is 14.4 Å². The summed E-state index contributed by atoms with van der Waals surface area (Å²) in [5.74, 6) is -0.392. The predicted octanol–water partition coefficient (Wildman–Crippen LogP) is 3.54. The number of amides is 1. The molecule has 0 saturated carbocycles. The fourth-order valence-electron chi connectivity index (χ4n) is 3.27. The van der Waals surface area contributed by atoms with Crippen LogP contribution in [0.4, 0.5) is 10.8 Å². The maximum absolute atomic E-state index is 13.3. The highest BCUT2D eigenvalue weighted by molar-refractivity contribution is 7.92. The summed E-state index contributed by atoms with van der Waals surface area (Å²) in [5, 5.41) is 4.89. The average Bonchev–Trinajstić information content (AvgIpc) is 3.28. The van der Waals surface area contributed by atoms with Gasteiger partial charge in [-0.2, -0.15) is 0 Å². The Morgan fingerprint density at radius 2 is 2.04 bits per heavy atom. The number of nitrogens with zero attached hydrogens (tertiary/aromatic N) is 2. The van der Waals surface area contributed by atoms with Gasteiger partial charge < -0.3 is 0 Å². The molecule has 138 valence electrons. The number of sulfonamides is 1. The number of rotatable bonds is 4. The molecule has 1 aliphatic rings. The van der Waals surface area contributed by atoms with E-state index < -0.39 is 15.9 Å². The van der Waals surface area contributed by atoms with Crippen LogP contribution in [0.15, 0.2) is 65.0 Å². The van der Waals surface area contributed by atoms with Gasteiger partial charge in [0.1, 0.15) is 0 Å². The van der Waals surface area contributed by atoms with Gasteiger partial charge in [-0.25, -0.2) is 13.4 Å². The molecular weight excluding hydrogens is 382 g/mol. The first-order valence-corrected chi connectivity index (χ1v) is 10.7. The Labute approximate surface area is 161 Å². The van der Waals surface area contributed by atoms with Crippen LogP contribution < -0.4 is 9.62 Å². The van der Waals surface area contributed by atoms with Crippen LogP contribution in [-0.4, -0.2) is 25.4 Å². The number of thiazole rings is 1. The number of para-hydroxylation sites is 1. The molecule has 2 heterocycles. The van der Waals surface area contributed by atoms with Crippen LogP contribution in [-0.2, 0) is 16.4 Å². The van der Waals surface area contributed by atoms with Crippen molar-refractivity contribution in [3.63, 3.8) is 0 Å². The third kappa shape index (κ3) is 3.22. The van der Waals surface area contributed by atoms with Crippen LogP contribution in [0, 0.1) is 0 Å². The number of carbonyl (C=O) groups is 1. The van der Waals surface area contributed by atoms with E-state index in [0.717, 1.165) is 5.56 Å². The molecule has 0 spiro atoms. The van der Waals surface area contributed by atoms with Crippen LogP contribution in [0.5, 0.6) is 0 Å². The van der Waals surface area contributed by atoms with Gasteiger partial charge >= 0.3 is 0 Å². The minimum absolute atomic E-state index is 0.0952. The second-order valence-electron chi connectivity index (χ2n) is 6.30. The van der Waals surface area contributed by atoms with E-state index in [1.807, 2.05) is 31.2 Å². The Morgan fingerprint density at radius 1 is 1.22 bits per heavy atom. The molecule has 1 atom stereocenters. The van der Waals surface area contributed by atoms with E-state index in [4.69, 9.17) is 0 Å². The Hall–Kier alpha value is -2.71. The molecule has 1 unspecified atom stereocenters. The highest BCUT2D eigenvalue weighted by atomic mass is 32.2. The maximum Gasteiger partial charge on any atom is 0.264 e. The molecule has 1 N–H and O–H groups in total. The van der Waals surface area contributed by atoms with E-state index in [2.05, 4.69) is 10.3 Å².